The number of nitrogens with zero attached hydrogens (tertiary/aromatic N) is 2. The van der Waals surface area contributed by atoms with E-state index in [4.69, 9.17) is 11.6 Å². The van der Waals surface area contributed by atoms with E-state index in [-0.39, 0.29) is 0 Å². The summed E-state index contributed by atoms with van der Waals surface area (Å²) < 4.78 is 0. The van der Waals surface area contributed by atoms with Crippen molar-refractivity contribution in [3.05, 3.63) is 47.4 Å². The standard InChI is InChI=1S/C13H9ClN2/c1-8-3-2-4-10-9-5-6-15-13(14)11(9)7-16-12(8)10/h2-7H,1H3. The lowest BCUT2D eigenvalue weighted by atomic mass is 10.1. The highest BCUT2D eigenvalue weighted by Gasteiger charge is 2.06. The predicted molar refractivity (Wildman–Crippen MR) is 66.8 cm³/mol. The van der Waals surface area contributed by atoms with Gasteiger partial charge in [-0.25, -0.2) is 4.98 Å². The topological polar surface area (TPSA) is 25.8 Å². The smallest absolute Gasteiger partial charge is 0.138 e. The molecule has 0 N–H and O–H groups in total. The highest BCUT2D eigenvalue weighted by Crippen LogP contribution is 2.28. The molecule has 0 spiro atoms. The lowest BCUT2D eigenvalue weighted by Crippen LogP contribution is -1.86. The molecule has 16 heavy (non-hydrogen) atoms. The number of fused-ring (bicyclic) bond motifs is 3. The Morgan fingerprint density at radius 1 is 1.00 bits per heavy atom. The van der Waals surface area contributed by atoms with Gasteiger partial charge in [0, 0.05) is 23.2 Å². The van der Waals surface area contributed by atoms with Gasteiger partial charge in [0.05, 0.1) is 5.52 Å². The van der Waals surface area contributed by atoms with Crippen LogP contribution in [-0.2, 0) is 0 Å². The Labute approximate surface area is 97.9 Å². The average molecular weight is 229 g/mol. The third-order valence-corrected chi connectivity index (χ3v) is 3.09. The summed E-state index contributed by atoms with van der Waals surface area (Å²) in [5.41, 5.74) is 2.20. The summed E-state index contributed by atoms with van der Waals surface area (Å²) >= 11 is 6.05. The molecule has 3 aromatic rings. The quantitative estimate of drug-likeness (QED) is 0.433. The molecule has 0 aliphatic rings. The average Bonchev–Trinajstić information content (AvgIpc) is 2.30. The molecule has 0 fully saturated rings. The Hall–Kier alpha value is -1.67. The third kappa shape index (κ3) is 1.27. The molecule has 0 atom stereocenters. The summed E-state index contributed by atoms with van der Waals surface area (Å²) in [7, 11) is 0. The van der Waals surface area contributed by atoms with Crippen molar-refractivity contribution in [2.24, 2.45) is 0 Å². The maximum absolute atomic E-state index is 6.05. The minimum Gasteiger partial charge on any atom is -0.255 e. The van der Waals surface area contributed by atoms with Crippen LogP contribution in [0.5, 0.6) is 0 Å². The number of aryl methyl sites for hydroxylation is 1. The number of para-hydroxylation sites is 1. The molecule has 78 valence electrons. The molecular weight excluding hydrogens is 220 g/mol. The Kier molecular flexibility index (Phi) is 2.04. The van der Waals surface area contributed by atoms with E-state index in [1.54, 1.807) is 12.4 Å². The van der Waals surface area contributed by atoms with Crippen molar-refractivity contribution in [3.63, 3.8) is 0 Å². The molecule has 0 radical (unpaired) electrons. The number of hydrogen-bond acceptors (Lipinski definition) is 2. The zero-order valence-corrected chi connectivity index (χ0v) is 9.49. The predicted octanol–water partition coefficient (Wildman–Crippen LogP) is 3.74. The zero-order chi connectivity index (χ0) is 11.1. The Morgan fingerprint density at radius 2 is 1.88 bits per heavy atom. The van der Waals surface area contributed by atoms with Crippen molar-refractivity contribution >= 4 is 33.3 Å². The van der Waals surface area contributed by atoms with Crippen LogP contribution in [-0.4, -0.2) is 9.97 Å². The van der Waals surface area contributed by atoms with Gasteiger partial charge < -0.3 is 0 Å². The maximum Gasteiger partial charge on any atom is 0.138 e. The molecule has 1 aromatic carbocycles. The largest absolute Gasteiger partial charge is 0.255 e. The SMILES string of the molecule is Cc1cccc2c1ncc1c(Cl)nccc12. The number of halogens is 1. The fraction of sp³-hybridized carbons (Fsp3) is 0.0769. The van der Waals surface area contributed by atoms with Crippen LogP contribution in [0, 0.1) is 6.92 Å². The Morgan fingerprint density at radius 3 is 2.75 bits per heavy atom. The van der Waals surface area contributed by atoms with E-state index in [9.17, 15) is 0 Å². The molecule has 2 nitrogen and oxygen atoms in total. The lowest BCUT2D eigenvalue weighted by Gasteiger charge is -2.05. The summed E-state index contributed by atoms with van der Waals surface area (Å²) in [6.45, 7) is 2.06. The Balaban J connectivity index is 2.60. The molecule has 0 unspecified atom stereocenters. The van der Waals surface area contributed by atoms with Gasteiger partial charge in [0.1, 0.15) is 5.15 Å². The Bertz CT molecular complexity index is 631. The van der Waals surface area contributed by atoms with Crippen LogP contribution in [0.3, 0.4) is 0 Å². The molecule has 0 saturated heterocycles. The van der Waals surface area contributed by atoms with Crippen LogP contribution in [0.2, 0.25) is 5.15 Å². The first-order chi connectivity index (χ1) is 7.77. The van der Waals surface area contributed by atoms with E-state index in [1.165, 1.54) is 5.56 Å². The number of rotatable bonds is 0. The minimum atomic E-state index is 0.508. The number of hydrogen-bond donors (Lipinski definition) is 0. The van der Waals surface area contributed by atoms with Gasteiger partial charge in [0.25, 0.3) is 0 Å². The maximum atomic E-state index is 6.05. The fourth-order valence-electron chi connectivity index (χ4n) is 1.98. The van der Waals surface area contributed by atoms with E-state index < -0.39 is 0 Å². The van der Waals surface area contributed by atoms with Crippen molar-refractivity contribution in [1.29, 1.82) is 0 Å². The second kappa shape index (κ2) is 3.42. The summed E-state index contributed by atoms with van der Waals surface area (Å²) in [6, 6.07) is 8.13. The highest BCUT2D eigenvalue weighted by atomic mass is 35.5. The van der Waals surface area contributed by atoms with Crippen molar-refractivity contribution in [2.75, 3.05) is 0 Å². The number of benzene rings is 1. The highest BCUT2D eigenvalue weighted by molar-refractivity contribution is 6.35. The molecule has 0 aliphatic carbocycles. The summed E-state index contributed by atoms with van der Waals surface area (Å²) in [5, 5.41) is 3.64. The van der Waals surface area contributed by atoms with Crippen molar-refractivity contribution < 1.29 is 0 Å². The summed E-state index contributed by atoms with van der Waals surface area (Å²) in [4.78, 5) is 8.51. The zero-order valence-electron chi connectivity index (χ0n) is 8.74. The molecule has 3 rings (SSSR count). The van der Waals surface area contributed by atoms with E-state index in [0.29, 0.717) is 5.15 Å². The van der Waals surface area contributed by atoms with Crippen LogP contribution in [0.25, 0.3) is 21.7 Å². The molecule has 2 aromatic heterocycles. The molecule has 0 amide bonds. The van der Waals surface area contributed by atoms with Gasteiger partial charge in [-0.1, -0.05) is 29.8 Å². The minimum absolute atomic E-state index is 0.508. The normalized spacial score (nSPS) is 11.1. The van der Waals surface area contributed by atoms with E-state index in [2.05, 4.69) is 29.0 Å². The van der Waals surface area contributed by atoms with Gasteiger partial charge in [-0.15, -0.1) is 0 Å². The second-order valence-electron chi connectivity index (χ2n) is 3.79. The van der Waals surface area contributed by atoms with Crippen LogP contribution in [0.15, 0.2) is 36.7 Å². The molecule has 0 bridgehead atoms. The molecule has 0 saturated carbocycles. The van der Waals surface area contributed by atoms with E-state index in [1.807, 2.05) is 12.1 Å². The van der Waals surface area contributed by atoms with Crippen molar-refractivity contribution in [2.45, 2.75) is 6.92 Å². The van der Waals surface area contributed by atoms with Crippen molar-refractivity contribution in [1.82, 2.24) is 9.97 Å². The van der Waals surface area contributed by atoms with Crippen LogP contribution in [0.4, 0.5) is 0 Å². The van der Waals surface area contributed by atoms with Crippen LogP contribution < -0.4 is 0 Å². The van der Waals surface area contributed by atoms with Gasteiger partial charge >= 0.3 is 0 Å². The van der Waals surface area contributed by atoms with Gasteiger partial charge in [-0.2, -0.15) is 0 Å². The number of aromatic nitrogens is 2. The third-order valence-electron chi connectivity index (χ3n) is 2.79. The van der Waals surface area contributed by atoms with Gasteiger partial charge in [-0.3, -0.25) is 4.98 Å². The van der Waals surface area contributed by atoms with Crippen LogP contribution in [0.1, 0.15) is 5.56 Å². The first-order valence-electron chi connectivity index (χ1n) is 5.06. The van der Waals surface area contributed by atoms with E-state index >= 15 is 0 Å². The first-order valence-corrected chi connectivity index (χ1v) is 5.44. The van der Waals surface area contributed by atoms with Gasteiger partial charge in [0.2, 0.25) is 0 Å². The molecule has 3 heteroatoms. The van der Waals surface area contributed by atoms with Crippen molar-refractivity contribution in [3.8, 4) is 0 Å². The van der Waals surface area contributed by atoms with E-state index in [0.717, 1.165) is 21.7 Å². The summed E-state index contributed by atoms with van der Waals surface area (Å²) in [5.74, 6) is 0. The first kappa shape index (κ1) is 9.55. The monoisotopic (exact) mass is 228 g/mol. The van der Waals surface area contributed by atoms with Gasteiger partial charge in [0.15, 0.2) is 0 Å². The van der Waals surface area contributed by atoms with Crippen LogP contribution >= 0.6 is 11.6 Å². The van der Waals surface area contributed by atoms with Gasteiger partial charge in [-0.05, 0) is 23.9 Å². The lowest BCUT2D eigenvalue weighted by molar-refractivity contribution is 1.34. The summed E-state index contributed by atoms with van der Waals surface area (Å²) in [6.07, 6.45) is 3.52. The molecular formula is C13H9ClN2. The number of pyridine rings is 2. The second-order valence-corrected chi connectivity index (χ2v) is 4.15. The molecule has 0 aliphatic heterocycles. The fourth-order valence-corrected chi connectivity index (χ4v) is 2.19. The molecule has 2 heterocycles.